The third kappa shape index (κ3) is 2.85. The number of nitrogens with two attached hydrogens (primary N) is 1. The lowest BCUT2D eigenvalue weighted by atomic mass is 9.84. The second-order valence-electron chi connectivity index (χ2n) is 5.20. The van der Waals surface area contributed by atoms with Crippen LogP contribution < -0.4 is 15.2 Å². The summed E-state index contributed by atoms with van der Waals surface area (Å²) >= 11 is 0. The first-order valence-electron chi connectivity index (χ1n) is 6.72. The molecule has 0 amide bonds. The summed E-state index contributed by atoms with van der Waals surface area (Å²) in [6.07, 6.45) is 3.24. The van der Waals surface area contributed by atoms with Gasteiger partial charge in [-0.15, -0.1) is 0 Å². The standard InChI is InChI=1S/C15H23NO3/c1-15(8-4-5-9-19-15)14(16)12-7-6-11(17-2)10-13(12)18-3/h6-7,10,14H,4-5,8-9,16H2,1-3H3. The summed E-state index contributed by atoms with van der Waals surface area (Å²) in [4.78, 5) is 0. The van der Waals surface area contributed by atoms with Crippen LogP contribution in [0.5, 0.6) is 11.5 Å². The van der Waals surface area contributed by atoms with Gasteiger partial charge in [0.25, 0.3) is 0 Å². The van der Waals surface area contributed by atoms with E-state index in [0.29, 0.717) is 0 Å². The Labute approximate surface area is 114 Å². The maximum Gasteiger partial charge on any atom is 0.127 e. The molecule has 1 aliphatic heterocycles. The van der Waals surface area contributed by atoms with Gasteiger partial charge in [-0.05, 0) is 38.3 Å². The van der Waals surface area contributed by atoms with E-state index >= 15 is 0 Å². The van der Waals surface area contributed by atoms with Crippen molar-refractivity contribution in [3.8, 4) is 11.5 Å². The molecule has 0 spiro atoms. The van der Waals surface area contributed by atoms with Gasteiger partial charge in [-0.3, -0.25) is 0 Å². The van der Waals surface area contributed by atoms with Crippen molar-refractivity contribution in [1.29, 1.82) is 0 Å². The zero-order valence-electron chi connectivity index (χ0n) is 11.9. The van der Waals surface area contributed by atoms with Crippen LogP contribution >= 0.6 is 0 Å². The Kier molecular flexibility index (Phi) is 4.32. The van der Waals surface area contributed by atoms with Gasteiger partial charge in [0.05, 0.1) is 25.9 Å². The topological polar surface area (TPSA) is 53.7 Å². The van der Waals surface area contributed by atoms with Crippen molar-refractivity contribution in [2.24, 2.45) is 5.73 Å². The number of rotatable bonds is 4. The monoisotopic (exact) mass is 265 g/mol. The van der Waals surface area contributed by atoms with Crippen LogP contribution in [0.25, 0.3) is 0 Å². The highest BCUT2D eigenvalue weighted by Crippen LogP contribution is 2.39. The van der Waals surface area contributed by atoms with Crippen molar-refractivity contribution in [3.63, 3.8) is 0 Å². The van der Waals surface area contributed by atoms with E-state index in [0.717, 1.165) is 42.9 Å². The summed E-state index contributed by atoms with van der Waals surface area (Å²) in [7, 11) is 3.29. The van der Waals surface area contributed by atoms with Crippen LogP contribution in [0.3, 0.4) is 0 Å². The molecule has 2 atom stereocenters. The van der Waals surface area contributed by atoms with Crippen molar-refractivity contribution < 1.29 is 14.2 Å². The Morgan fingerprint density at radius 3 is 2.63 bits per heavy atom. The summed E-state index contributed by atoms with van der Waals surface area (Å²) in [6, 6.07) is 5.53. The molecule has 4 nitrogen and oxygen atoms in total. The molecule has 2 unspecified atom stereocenters. The smallest absolute Gasteiger partial charge is 0.127 e. The lowest BCUT2D eigenvalue weighted by molar-refractivity contribution is -0.0823. The zero-order valence-corrected chi connectivity index (χ0v) is 11.9. The van der Waals surface area contributed by atoms with Gasteiger partial charge in [-0.2, -0.15) is 0 Å². The van der Waals surface area contributed by atoms with Crippen LogP contribution in [0.4, 0.5) is 0 Å². The minimum atomic E-state index is -0.319. The van der Waals surface area contributed by atoms with Gasteiger partial charge in [0.1, 0.15) is 11.5 Å². The fraction of sp³-hybridized carbons (Fsp3) is 0.600. The van der Waals surface area contributed by atoms with E-state index in [-0.39, 0.29) is 11.6 Å². The highest BCUT2D eigenvalue weighted by atomic mass is 16.5. The van der Waals surface area contributed by atoms with Gasteiger partial charge in [0.2, 0.25) is 0 Å². The molecule has 1 saturated heterocycles. The molecule has 0 aromatic heterocycles. The second-order valence-corrected chi connectivity index (χ2v) is 5.20. The van der Waals surface area contributed by atoms with Crippen LogP contribution in [0, 0.1) is 0 Å². The lowest BCUT2D eigenvalue weighted by Gasteiger charge is -2.39. The van der Waals surface area contributed by atoms with E-state index in [2.05, 4.69) is 6.92 Å². The van der Waals surface area contributed by atoms with Crippen LogP contribution in [-0.2, 0) is 4.74 Å². The van der Waals surface area contributed by atoms with E-state index in [9.17, 15) is 0 Å². The van der Waals surface area contributed by atoms with Crippen molar-refractivity contribution in [2.45, 2.75) is 37.8 Å². The Balaban J connectivity index is 2.29. The Morgan fingerprint density at radius 2 is 2.05 bits per heavy atom. The van der Waals surface area contributed by atoms with E-state index in [1.165, 1.54) is 0 Å². The maximum absolute atomic E-state index is 6.43. The molecule has 1 aromatic rings. The molecule has 2 N–H and O–H groups in total. The quantitative estimate of drug-likeness (QED) is 0.909. The summed E-state index contributed by atoms with van der Waals surface area (Å²) in [5.41, 5.74) is 7.07. The second kappa shape index (κ2) is 5.80. The van der Waals surface area contributed by atoms with Crippen LogP contribution in [0.1, 0.15) is 37.8 Å². The molecule has 2 rings (SSSR count). The molecule has 0 aliphatic carbocycles. The number of methoxy groups -OCH3 is 2. The summed E-state index contributed by atoms with van der Waals surface area (Å²) in [5.74, 6) is 1.52. The number of hydrogen-bond acceptors (Lipinski definition) is 4. The number of benzene rings is 1. The third-order valence-corrected chi connectivity index (χ3v) is 3.93. The molecule has 1 heterocycles. The Bertz CT molecular complexity index is 427. The molecule has 19 heavy (non-hydrogen) atoms. The maximum atomic E-state index is 6.43. The predicted molar refractivity (Wildman–Crippen MR) is 74.7 cm³/mol. The van der Waals surface area contributed by atoms with E-state index in [4.69, 9.17) is 19.9 Å². The summed E-state index contributed by atoms with van der Waals surface area (Å²) < 4.78 is 16.6. The van der Waals surface area contributed by atoms with Crippen molar-refractivity contribution >= 4 is 0 Å². The fourth-order valence-electron chi connectivity index (χ4n) is 2.61. The van der Waals surface area contributed by atoms with Gasteiger partial charge in [0, 0.05) is 18.2 Å². The molecular formula is C15H23NO3. The SMILES string of the molecule is COc1ccc(C(N)C2(C)CCCCO2)c(OC)c1. The van der Waals surface area contributed by atoms with E-state index in [1.54, 1.807) is 14.2 Å². The van der Waals surface area contributed by atoms with Gasteiger partial charge in [-0.1, -0.05) is 0 Å². The summed E-state index contributed by atoms with van der Waals surface area (Å²) in [6.45, 7) is 2.86. The average Bonchev–Trinajstić information content (AvgIpc) is 2.46. The van der Waals surface area contributed by atoms with E-state index < -0.39 is 0 Å². The molecule has 1 aliphatic rings. The van der Waals surface area contributed by atoms with Crippen molar-refractivity contribution in [3.05, 3.63) is 23.8 Å². The molecule has 0 bridgehead atoms. The molecule has 4 heteroatoms. The van der Waals surface area contributed by atoms with Gasteiger partial charge in [0.15, 0.2) is 0 Å². The Morgan fingerprint density at radius 1 is 1.26 bits per heavy atom. The lowest BCUT2D eigenvalue weighted by Crippen LogP contribution is -2.43. The molecule has 106 valence electrons. The van der Waals surface area contributed by atoms with Gasteiger partial charge in [-0.25, -0.2) is 0 Å². The van der Waals surface area contributed by atoms with Crippen molar-refractivity contribution in [1.82, 2.24) is 0 Å². The first-order chi connectivity index (χ1) is 9.10. The van der Waals surface area contributed by atoms with Crippen LogP contribution in [0.15, 0.2) is 18.2 Å². The van der Waals surface area contributed by atoms with Crippen LogP contribution in [0.2, 0.25) is 0 Å². The molecule has 0 radical (unpaired) electrons. The minimum absolute atomic E-state index is 0.200. The Hall–Kier alpha value is -1.26. The summed E-state index contributed by atoms with van der Waals surface area (Å²) in [5, 5.41) is 0. The normalized spacial score (nSPS) is 24.8. The van der Waals surface area contributed by atoms with Gasteiger partial charge >= 0.3 is 0 Å². The zero-order chi connectivity index (χ0) is 13.9. The fourth-order valence-corrected chi connectivity index (χ4v) is 2.61. The van der Waals surface area contributed by atoms with Crippen molar-refractivity contribution in [2.75, 3.05) is 20.8 Å². The van der Waals surface area contributed by atoms with E-state index in [1.807, 2.05) is 18.2 Å². The average molecular weight is 265 g/mol. The molecule has 1 aromatic carbocycles. The number of hydrogen-bond donors (Lipinski definition) is 1. The highest BCUT2D eigenvalue weighted by molar-refractivity contribution is 5.43. The predicted octanol–water partition coefficient (Wildman–Crippen LogP) is 2.66. The molecule has 1 fully saturated rings. The van der Waals surface area contributed by atoms with Crippen LogP contribution in [-0.4, -0.2) is 26.4 Å². The molecular weight excluding hydrogens is 242 g/mol. The number of ether oxygens (including phenoxy) is 3. The largest absolute Gasteiger partial charge is 0.497 e. The minimum Gasteiger partial charge on any atom is -0.497 e. The highest BCUT2D eigenvalue weighted by Gasteiger charge is 2.36. The first-order valence-corrected chi connectivity index (χ1v) is 6.72. The first kappa shape index (κ1) is 14.2. The molecule has 0 saturated carbocycles. The third-order valence-electron chi connectivity index (χ3n) is 3.93. The van der Waals surface area contributed by atoms with Gasteiger partial charge < -0.3 is 19.9 Å².